The average Bonchev–Trinajstić information content (AvgIpc) is 3.21. The van der Waals surface area contributed by atoms with Crippen LogP contribution in [0.2, 0.25) is 0 Å². The molecule has 200 valence electrons. The number of hydrogen-bond donors (Lipinski definition) is 2. The van der Waals surface area contributed by atoms with Crippen LogP contribution < -0.4 is 20.3 Å². The summed E-state index contributed by atoms with van der Waals surface area (Å²) >= 11 is 0. The van der Waals surface area contributed by atoms with Crippen LogP contribution in [0.5, 0.6) is 5.75 Å². The molecule has 0 bridgehead atoms. The molecule has 2 atom stereocenters. The highest BCUT2D eigenvalue weighted by molar-refractivity contribution is 5.96. The van der Waals surface area contributed by atoms with Gasteiger partial charge in [-0.15, -0.1) is 0 Å². The van der Waals surface area contributed by atoms with Crippen LogP contribution in [0.1, 0.15) is 41.6 Å². The molecular formula is C27H33F3N4O3. The second-order valence-electron chi connectivity index (χ2n) is 9.58. The minimum absolute atomic E-state index is 0.0179. The van der Waals surface area contributed by atoms with Gasteiger partial charge in [-0.3, -0.25) is 14.5 Å². The van der Waals surface area contributed by atoms with Crippen LogP contribution in [0.3, 0.4) is 0 Å². The Morgan fingerprint density at radius 2 is 1.84 bits per heavy atom. The summed E-state index contributed by atoms with van der Waals surface area (Å²) in [5.74, 6) is -0.215. The van der Waals surface area contributed by atoms with E-state index in [0.717, 1.165) is 69.7 Å². The number of rotatable bonds is 7. The van der Waals surface area contributed by atoms with Gasteiger partial charge in [0.2, 0.25) is 5.91 Å². The molecule has 2 fully saturated rings. The van der Waals surface area contributed by atoms with E-state index in [1.165, 1.54) is 17.8 Å². The molecule has 0 aliphatic carbocycles. The first-order valence-corrected chi connectivity index (χ1v) is 12.6. The number of nitrogens with zero attached hydrogens (tertiary/aromatic N) is 2. The van der Waals surface area contributed by atoms with Crippen molar-refractivity contribution in [2.24, 2.45) is 0 Å². The topological polar surface area (TPSA) is 73.9 Å². The largest absolute Gasteiger partial charge is 0.497 e. The number of alkyl halides is 3. The number of carbonyl (C=O) groups excluding carboxylic acids is 2. The smallest absolute Gasteiger partial charge is 0.416 e. The first-order valence-electron chi connectivity index (χ1n) is 12.6. The molecule has 10 heteroatoms. The molecule has 2 aliphatic rings. The SMILES string of the molecule is COc1cccc(N2CCCC(N3CC[C@@H](NC(=O)CNC(=O)c4cccc(C(F)(F)F)c4)C3)CC2)c1. The Kier molecular flexibility index (Phi) is 8.58. The molecule has 2 aromatic carbocycles. The quantitative estimate of drug-likeness (QED) is 0.585. The molecule has 2 aliphatic heterocycles. The number of nitrogens with one attached hydrogen (secondary N) is 2. The fourth-order valence-electron chi connectivity index (χ4n) is 5.12. The number of ether oxygens (including phenoxy) is 1. The van der Waals surface area contributed by atoms with Crippen molar-refractivity contribution in [3.63, 3.8) is 0 Å². The predicted molar refractivity (Wildman–Crippen MR) is 135 cm³/mol. The number of anilines is 1. The minimum Gasteiger partial charge on any atom is -0.497 e. The number of hydrogen-bond acceptors (Lipinski definition) is 5. The first kappa shape index (κ1) is 26.8. The second-order valence-corrected chi connectivity index (χ2v) is 9.58. The van der Waals surface area contributed by atoms with Crippen molar-refractivity contribution < 1.29 is 27.5 Å². The van der Waals surface area contributed by atoms with Gasteiger partial charge in [0, 0.05) is 55.6 Å². The highest BCUT2D eigenvalue weighted by atomic mass is 19.4. The van der Waals surface area contributed by atoms with Crippen molar-refractivity contribution in [1.29, 1.82) is 0 Å². The van der Waals surface area contributed by atoms with Crippen molar-refractivity contribution in [1.82, 2.24) is 15.5 Å². The normalized spacial score (nSPS) is 20.8. The van der Waals surface area contributed by atoms with E-state index in [-0.39, 0.29) is 24.1 Å². The number of likely N-dealkylation sites (tertiary alicyclic amines) is 1. The van der Waals surface area contributed by atoms with E-state index >= 15 is 0 Å². The van der Waals surface area contributed by atoms with Crippen LogP contribution in [-0.4, -0.2) is 68.6 Å². The van der Waals surface area contributed by atoms with Crippen molar-refractivity contribution >= 4 is 17.5 Å². The fraction of sp³-hybridized carbons (Fsp3) is 0.481. The molecule has 7 nitrogen and oxygen atoms in total. The Morgan fingerprint density at radius 1 is 1.03 bits per heavy atom. The van der Waals surface area contributed by atoms with Gasteiger partial charge in [-0.25, -0.2) is 0 Å². The average molecular weight is 519 g/mol. The molecule has 4 rings (SSSR count). The van der Waals surface area contributed by atoms with E-state index < -0.39 is 17.6 Å². The fourth-order valence-corrected chi connectivity index (χ4v) is 5.12. The van der Waals surface area contributed by atoms with Crippen LogP contribution in [-0.2, 0) is 11.0 Å². The molecule has 2 N–H and O–H groups in total. The number of methoxy groups -OCH3 is 1. The molecule has 0 radical (unpaired) electrons. The summed E-state index contributed by atoms with van der Waals surface area (Å²) in [6.45, 7) is 3.29. The van der Waals surface area contributed by atoms with Crippen molar-refractivity contribution in [3.05, 3.63) is 59.7 Å². The van der Waals surface area contributed by atoms with Crippen molar-refractivity contribution in [2.45, 2.75) is 43.9 Å². The Balaban J connectivity index is 1.22. The van der Waals surface area contributed by atoms with E-state index in [1.807, 2.05) is 12.1 Å². The standard InChI is InChI=1S/C27H33F3N4O3/c1-37-24-9-3-7-23(16-24)33-12-4-8-22(11-14-33)34-13-10-21(18-34)32-25(35)17-31-26(36)19-5-2-6-20(15-19)27(28,29)30/h2-3,5-7,9,15-16,21-22H,4,8,10-14,17-18H2,1H3,(H,31,36)(H,32,35)/t21-,22?/m1/s1. The maximum absolute atomic E-state index is 12.9. The molecule has 2 saturated heterocycles. The third kappa shape index (κ3) is 7.15. The molecule has 37 heavy (non-hydrogen) atoms. The predicted octanol–water partition coefficient (Wildman–Crippen LogP) is 3.69. The Labute approximate surface area is 215 Å². The van der Waals surface area contributed by atoms with Crippen molar-refractivity contribution in [2.75, 3.05) is 44.7 Å². The van der Waals surface area contributed by atoms with Crippen LogP contribution in [0.15, 0.2) is 48.5 Å². The molecule has 2 heterocycles. The van der Waals surface area contributed by atoms with Gasteiger partial charge in [-0.05, 0) is 56.0 Å². The van der Waals surface area contributed by atoms with Gasteiger partial charge in [0.1, 0.15) is 5.75 Å². The zero-order valence-corrected chi connectivity index (χ0v) is 20.9. The maximum Gasteiger partial charge on any atom is 0.416 e. The van der Waals surface area contributed by atoms with Gasteiger partial charge >= 0.3 is 6.18 Å². The molecule has 2 amide bonds. The molecule has 0 spiro atoms. The van der Waals surface area contributed by atoms with Gasteiger partial charge < -0.3 is 20.3 Å². The highest BCUT2D eigenvalue weighted by Gasteiger charge is 2.32. The lowest BCUT2D eigenvalue weighted by Gasteiger charge is -2.27. The van der Waals surface area contributed by atoms with E-state index in [2.05, 4.69) is 32.6 Å². The third-order valence-corrected chi connectivity index (χ3v) is 7.08. The lowest BCUT2D eigenvalue weighted by molar-refractivity contribution is -0.137. The Hall–Kier alpha value is -3.27. The minimum atomic E-state index is -4.53. The van der Waals surface area contributed by atoms with Gasteiger partial charge in [-0.1, -0.05) is 12.1 Å². The Morgan fingerprint density at radius 3 is 2.62 bits per heavy atom. The van der Waals surface area contributed by atoms with E-state index in [1.54, 1.807) is 7.11 Å². The first-order chi connectivity index (χ1) is 17.7. The highest BCUT2D eigenvalue weighted by Crippen LogP contribution is 2.30. The zero-order valence-electron chi connectivity index (χ0n) is 20.9. The number of benzene rings is 2. The molecular weight excluding hydrogens is 485 g/mol. The third-order valence-electron chi connectivity index (χ3n) is 7.08. The molecule has 0 aromatic heterocycles. The number of halogens is 3. The summed E-state index contributed by atoms with van der Waals surface area (Å²) in [4.78, 5) is 29.5. The zero-order chi connectivity index (χ0) is 26.4. The van der Waals surface area contributed by atoms with Crippen molar-refractivity contribution in [3.8, 4) is 5.75 Å². The van der Waals surface area contributed by atoms with E-state index in [0.29, 0.717) is 6.04 Å². The van der Waals surface area contributed by atoms with Crippen LogP contribution >= 0.6 is 0 Å². The summed E-state index contributed by atoms with van der Waals surface area (Å²) in [7, 11) is 1.67. The molecule has 2 aromatic rings. The Bertz CT molecular complexity index is 1090. The van der Waals surface area contributed by atoms with E-state index in [9.17, 15) is 22.8 Å². The van der Waals surface area contributed by atoms with Crippen LogP contribution in [0, 0.1) is 0 Å². The molecule has 1 unspecified atom stereocenters. The van der Waals surface area contributed by atoms with Gasteiger partial charge in [0.05, 0.1) is 19.2 Å². The van der Waals surface area contributed by atoms with Crippen LogP contribution in [0.25, 0.3) is 0 Å². The van der Waals surface area contributed by atoms with Gasteiger partial charge in [0.15, 0.2) is 0 Å². The maximum atomic E-state index is 12.9. The summed E-state index contributed by atoms with van der Waals surface area (Å²) in [6, 6.07) is 12.7. The number of carbonyl (C=O) groups is 2. The number of amides is 2. The summed E-state index contributed by atoms with van der Waals surface area (Å²) in [6.07, 6.45) is -0.508. The summed E-state index contributed by atoms with van der Waals surface area (Å²) in [5.41, 5.74) is 0.130. The lowest BCUT2D eigenvalue weighted by Crippen LogP contribution is -2.44. The molecule has 0 saturated carbocycles. The second kappa shape index (κ2) is 11.9. The lowest BCUT2D eigenvalue weighted by atomic mass is 10.1. The summed E-state index contributed by atoms with van der Waals surface area (Å²) in [5, 5.41) is 5.37. The van der Waals surface area contributed by atoms with Gasteiger partial charge in [0.25, 0.3) is 5.91 Å². The monoisotopic (exact) mass is 518 g/mol. The van der Waals surface area contributed by atoms with Crippen LogP contribution in [0.4, 0.5) is 18.9 Å². The van der Waals surface area contributed by atoms with Gasteiger partial charge in [-0.2, -0.15) is 13.2 Å². The summed E-state index contributed by atoms with van der Waals surface area (Å²) < 4.78 is 44.0. The van der Waals surface area contributed by atoms with E-state index in [4.69, 9.17) is 4.74 Å².